The van der Waals surface area contributed by atoms with E-state index in [1.54, 1.807) is 42.5 Å². The van der Waals surface area contributed by atoms with Crippen molar-refractivity contribution in [2.45, 2.75) is 53.4 Å². The van der Waals surface area contributed by atoms with Crippen molar-refractivity contribution >= 4 is 23.0 Å². The fourth-order valence-corrected chi connectivity index (χ4v) is 3.28. The van der Waals surface area contributed by atoms with E-state index in [0.29, 0.717) is 16.8 Å². The predicted octanol–water partition coefficient (Wildman–Crippen LogP) is 4.69. The number of aromatic nitrogens is 3. The van der Waals surface area contributed by atoms with Crippen LogP contribution in [0.25, 0.3) is 11.4 Å². The second-order valence-corrected chi connectivity index (χ2v) is 8.16. The molecule has 0 unspecified atom stereocenters. The average Bonchev–Trinajstić information content (AvgIpc) is 3.27. The van der Waals surface area contributed by atoms with Crippen LogP contribution in [0.15, 0.2) is 77.6 Å². The minimum absolute atomic E-state index is 0. The van der Waals surface area contributed by atoms with Gasteiger partial charge in [0.1, 0.15) is 0 Å². The van der Waals surface area contributed by atoms with Gasteiger partial charge in [-0.05, 0) is 5.71 Å². The molecular formula is C30H35ClF3N5NaO-. The van der Waals surface area contributed by atoms with E-state index in [1.165, 1.54) is 6.07 Å². The van der Waals surface area contributed by atoms with Crippen LogP contribution in [-0.2, 0) is 13.1 Å². The van der Waals surface area contributed by atoms with Crippen LogP contribution in [0.2, 0.25) is 5.02 Å². The molecule has 0 bridgehead atoms. The third-order valence-corrected chi connectivity index (χ3v) is 5.37. The summed E-state index contributed by atoms with van der Waals surface area (Å²) in [6.07, 6.45) is -5.55. The van der Waals surface area contributed by atoms with Crippen LogP contribution in [0.1, 0.15) is 45.2 Å². The Kier molecular flexibility index (Phi) is 17.8. The van der Waals surface area contributed by atoms with Crippen LogP contribution in [0.4, 0.5) is 18.9 Å². The fraction of sp³-hybridized carbons (Fsp3) is 0.267. The van der Waals surface area contributed by atoms with E-state index >= 15 is 0 Å². The average molecular weight is 597 g/mol. The number of nitrogens with zero attached hydrogens (tertiary/aromatic N) is 3. The van der Waals surface area contributed by atoms with E-state index in [4.69, 9.17) is 22.7 Å². The number of nitrogens with one attached hydrogen (secondary N) is 1. The van der Waals surface area contributed by atoms with Crippen molar-refractivity contribution in [3.63, 3.8) is 0 Å². The van der Waals surface area contributed by atoms with Gasteiger partial charge in [0.25, 0.3) is 0 Å². The quantitative estimate of drug-likeness (QED) is 0.146. The summed E-state index contributed by atoms with van der Waals surface area (Å²) in [7, 11) is 0. The summed E-state index contributed by atoms with van der Waals surface area (Å²) in [4.78, 5) is 12.7. The van der Waals surface area contributed by atoms with Gasteiger partial charge in [0.15, 0.2) is 5.82 Å². The van der Waals surface area contributed by atoms with Gasteiger partial charge in [0.2, 0.25) is 0 Å². The van der Waals surface area contributed by atoms with Crippen molar-refractivity contribution in [2.75, 3.05) is 5.73 Å². The number of hydrogen-bond acceptors (Lipinski definition) is 4. The Labute approximate surface area is 267 Å². The first-order valence-corrected chi connectivity index (χ1v) is 13.1. The van der Waals surface area contributed by atoms with Gasteiger partial charge < -0.3 is 11.1 Å². The monoisotopic (exact) mass is 596 g/mol. The Morgan fingerprint density at radius 3 is 2.10 bits per heavy atom. The number of benzene rings is 3. The molecule has 41 heavy (non-hydrogen) atoms. The van der Waals surface area contributed by atoms with E-state index in [-0.39, 0.29) is 47.6 Å². The van der Waals surface area contributed by atoms with Crippen LogP contribution >= 0.6 is 11.6 Å². The second kappa shape index (κ2) is 19.2. The Balaban J connectivity index is 0.00000104. The molecule has 1 aromatic heterocycles. The van der Waals surface area contributed by atoms with Gasteiger partial charge in [-0.2, -0.15) is 48.4 Å². The van der Waals surface area contributed by atoms with Crippen LogP contribution in [0.3, 0.4) is 0 Å². The van der Waals surface area contributed by atoms with Gasteiger partial charge in [-0.1, -0.05) is 74.8 Å². The van der Waals surface area contributed by atoms with Crippen LogP contribution in [0, 0.1) is 18.4 Å². The maximum atomic E-state index is 12.7. The molecule has 0 aliphatic rings. The van der Waals surface area contributed by atoms with Gasteiger partial charge >= 0.3 is 41.4 Å². The fourth-order valence-electron chi connectivity index (χ4n) is 3.14. The number of rotatable bonds is 6. The predicted molar refractivity (Wildman–Crippen MR) is 158 cm³/mol. The zero-order valence-electron chi connectivity index (χ0n) is 24.1. The second-order valence-electron chi connectivity index (χ2n) is 7.75. The van der Waals surface area contributed by atoms with Gasteiger partial charge in [-0.25, -0.2) is 9.48 Å². The minimum atomic E-state index is -4.40. The molecule has 0 aliphatic carbocycles. The Bertz CT molecular complexity index is 1350. The maximum absolute atomic E-state index is 12.7. The number of hydrogen-bond donors (Lipinski definition) is 2. The summed E-state index contributed by atoms with van der Waals surface area (Å²) < 4.78 is 40.0. The molecule has 0 spiro atoms. The molecule has 4 aromatic rings. The summed E-state index contributed by atoms with van der Waals surface area (Å²) in [5.41, 5.74) is 7.24. The van der Waals surface area contributed by atoms with Gasteiger partial charge in [-0.15, -0.1) is 42.0 Å². The Hall–Kier alpha value is -2.98. The van der Waals surface area contributed by atoms with E-state index in [2.05, 4.69) is 18.1 Å². The zero-order chi connectivity index (χ0) is 30.3. The van der Waals surface area contributed by atoms with Crippen molar-refractivity contribution in [2.24, 2.45) is 0 Å². The van der Waals surface area contributed by atoms with E-state index in [9.17, 15) is 18.0 Å². The van der Waals surface area contributed by atoms with E-state index < -0.39 is 24.8 Å². The number of halogens is 4. The molecule has 0 saturated heterocycles. The molecule has 3 aromatic carbocycles. The summed E-state index contributed by atoms with van der Waals surface area (Å²) in [6, 6.07) is 23.5. The molecule has 0 aliphatic heterocycles. The molecule has 0 fully saturated rings. The molecule has 0 saturated carbocycles. The first kappa shape index (κ1) is 38.0. The summed E-state index contributed by atoms with van der Waals surface area (Å²) >= 11 is 5.65. The molecule has 4 rings (SSSR count). The van der Waals surface area contributed by atoms with E-state index in [0.717, 1.165) is 19.8 Å². The van der Waals surface area contributed by atoms with Gasteiger partial charge in [0.05, 0.1) is 13.0 Å². The van der Waals surface area contributed by atoms with Gasteiger partial charge in [0, 0.05) is 12.1 Å². The number of anilines is 1. The summed E-state index contributed by atoms with van der Waals surface area (Å²) in [5.74, 6) is 0.129. The van der Waals surface area contributed by atoms with Crippen molar-refractivity contribution in [1.82, 2.24) is 14.3 Å². The molecule has 0 atom stereocenters. The summed E-state index contributed by atoms with van der Waals surface area (Å²) in [6.45, 7) is 10.9. The standard InChI is InChI=1S/C19H17F3N5O.C7H6Cl.2C2H6.Na/c20-19(21,22)10-11-26-17(14-4-2-1-3-5-14)25-27(18(26)28)12-16(24)13-6-8-15(23)9-7-13;1-6-4-2-3-5-7(6)8;2*1-2;/h1-6,8-9,24H,10-12,23H2;2-5H,1H2;2*1-2H3;/q2*-1;;;+1. The molecular weight excluding hydrogens is 562 g/mol. The van der Waals surface area contributed by atoms with E-state index in [1.807, 2.05) is 52.0 Å². The Morgan fingerprint density at radius 2 is 1.61 bits per heavy atom. The smallest absolute Gasteiger partial charge is 0.436 e. The topological polar surface area (TPSA) is 89.7 Å². The maximum Gasteiger partial charge on any atom is 1.00 e. The molecule has 11 heteroatoms. The zero-order valence-corrected chi connectivity index (χ0v) is 26.9. The van der Waals surface area contributed by atoms with Crippen molar-refractivity contribution in [3.05, 3.63) is 112 Å². The number of nitrogens with two attached hydrogens (primary N) is 1. The van der Waals surface area contributed by atoms with Gasteiger partial charge in [-0.3, -0.25) is 4.57 Å². The normalized spacial score (nSPS) is 9.95. The van der Waals surface area contributed by atoms with Crippen molar-refractivity contribution in [1.29, 1.82) is 5.41 Å². The van der Waals surface area contributed by atoms with Crippen molar-refractivity contribution in [3.8, 4) is 11.4 Å². The van der Waals surface area contributed by atoms with Crippen LogP contribution in [-0.4, -0.2) is 26.2 Å². The van der Waals surface area contributed by atoms with Crippen molar-refractivity contribution < 1.29 is 42.7 Å². The third-order valence-electron chi connectivity index (χ3n) is 5.00. The molecule has 0 radical (unpaired) electrons. The first-order chi connectivity index (χ1) is 19.0. The third kappa shape index (κ3) is 12.6. The SMILES string of the molecule is CC.CC.N=C(Cn1nc(-c2ccccc2)n(CCC(F)(F)F)c1=O)c1[c-]cc(N)cc1.[CH2-]c1ccccc1Cl.[Na+]. The molecule has 0 amide bonds. The molecule has 216 valence electrons. The summed E-state index contributed by atoms with van der Waals surface area (Å²) in [5, 5.41) is 13.1. The number of alkyl halides is 3. The first-order valence-electron chi connectivity index (χ1n) is 12.8. The minimum Gasteiger partial charge on any atom is -0.436 e. The molecule has 1 heterocycles. The molecule has 6 nitrogen and oxygen atoms in total. The molecule has 3 N–H and O–H groups in total. The number of nitrogen functional groups attached to an aromatic ring is 1. The largest absolute Gasteiger partial charge is 1.00 e. The van der Waals surface area contributed by atoms with Crippen LogP contribution in [0.5, 0.6) is 0 Å². The Morgan fingerprint density at radius 1 is 1.02 bits per heavy atom. The van der Waals surface area contributed by atoms with Crippen LogP contribution < -0.4 is 41.0 Å².